The largest absolute Gasteiger partial charge is 0.354 e. The number of carbonyl (C=O) groups excluding carboxylic acids is 1. The van der Waals surface area contributed by atoms with Gasteiger partial charge in [0.05, 0.1) is 5.69 Å². The number of aryl methyl sites for hydroxylation is 1. The van der Waals surface area contributed by atoms with E-state index in [0.717, 1.165) is 46.8 Å². The summed E-state index contributed by atoms with van der Waals surface area (Å²) >= 11 is 0. The molecule has 3 heterocycles. The molecule has 1 saturated heterocycles. The molecule has 0 unspecified atom stereocenters. The second kappa shape index (κ2) is 10.7. The first kappa shape index (κ1) is 24.8. The number of hydrogen-bond donors (Lipinski definition) is 1. The Hall–Kier alpha value is -4.53. The predicted molar refractivity (Wildman–Crippen MR) is 150 cm³/mol. The summed E-state index contributed by atoms with van der Waals surface area (Å²) < 4.78 is 19.9. The topological polar surface area (TPSA) is 87.4 Å². The Balaban J connectivity index is 1.32. The van der Waals surface area contributed by atoms with E-state index in [1.807, 2.05) is 18.2 Å². The number of halogens is 1. The van der Waals surface area contributed by atoms with Gasteiger partial charge in [0, 0.05) is 38.2 Å². The molecule has 3 aromatic carbocycles. The molecule has 9 heteroatoms. The molecule has 0 atom stereocenters. The van der Waals surface area contributed by atoms with Crippen LogP contribution in [-0.2, 0) is 6.42 Å². The van der Waals surface area contributed by atoms with E-state index in [4.69, 9.17) is 9.51 Å². The molecule has 0 aliphatic carbocycles. The summed E-state index contributed by atoms with van der Waals surface area (Å²) in [5.41, 5.74) is 2.27. The number of nitrogens with one attached hydrogen (secondary N) is 1. The van der Waals surface area contributed by atoms with E-state index in [2.05, 4.69) is 51.5 Å². The molecule has 0 bridgehead atoms. The highest BCUT2D eigenvalue weighted by Gasteiger charge is 2.26. The number of fused-ring (bicyclic) bond motifs is 2. The van der Waals surface area contributed by atoms with Gasteiger partial charge in [0.1, 0.15) is 28.5 Å². The first-order valence-corrected chi connectivity index (χ1v) is 13.3. The van der Waals surface area contributed by atoms with Gasteiger partial charge in [0.25, 0.3) is 5.71 Å². The van der Waals surface area contributed by atoms with Gasteiger partial charge in [-0.3, -0.25) is 0 Å². The second-order valence-electron chi connectivity index (χ2n) is 9.72. The minimum Gasteiger partial charge on any atom is -0.354 e. The molecule has 6 rings (SSSR count). The highest BCUT2D eigenvalue weighted by molar-refractivity contribution is 6.00. The van der Waals surface area contributed by atoms with Gasteiger partial charge in [-0.15, -0.1) is 0 Å². The zero-order valence-electron chi connectivity index (χ0n) is 21.7. The summed E-state index contributed by atoms with van der Waals surface area (Å²) in [6, 6.07) is 20.3. The third-order valence-electron chi connectivity index (χ3n) is 7.06. The lowest BCUT2D eigenvalue weighted by Gasteiger charge is -2.24. The van der Waals surface area contributed by atoms with E-state index in [0.29, 0.717) is 43.4 Å². The first-order valence-electron chi connectivity index (χ1n) is 13.3. The molecular weight excluding hydrogens is 495 g/mol. The van der Waals surface area contributed by atoms with Crippen molar-refractivity contribution in [3.63, 3.8) is 0 Å². The van der Waals surface area contributed by atoms with E-state index in [1.54, 1.807) is 23.1 Å². The Kier molecular flexibility index (Phi) is 6.79. The van der Waals surface area contributed by atoms with Gasteiger partial charge in [-0.1, -0.05) is 60.6 Å². The average molecular weight is 525 g/mol. The molecule has 0 saturated carbocycles. The number of benzene rings is 3. The van der Waals surface area contributed by atoms with E-state index in [1.165, 1.54) is 6.07 Å². The van der Waals surface area contributed by atoms with Crippen molar-refractivity contribution < 1.29 is 13.7 Å². The van der Waals surface area contributed by atoms with Crippen molar-refractivity contribution in [2.24, 2.45) is 0 Å². The Bertz CT molecular complexity index is 1650. The molecule has 2 aromatic heterocycles. The molecule has 39 heavy (non-hydrogen) atoms. The fourth-order valence-corrected chi connectivity index (χ4v) is 5.07. The third kappa shape index (κ3) is 4.99. The van der Waals surface area contributed by atoms with Crippen molar-refractivity contribution in [2.45, 2.75) is 26.2 Å². The summed E-state index contributed by atoms with van der Waals surface area (Å²) in [4.78, 5) is 26.5. The number of hydrogen-bond acceptors (Lipinski definition) is 6. The second-order valence-corrected chi connectivity index (χ2v) is 9.72. The number of carbonyl (C=O) groups is 1. The number of anilines is 2. The molecule has 1 aliphatic heterocycles. The standard InChI is InChI=1S/C30H29FN6O2/c1-2-8-25-33-28(36-15-7-16-37(18-17-36)30(38)32-24-12-6-5-11-23(24)31)26-27(35-39-29(26)34-25)22-14-13-20-9-3-4-10-21(20)19-22/h3-6,9-14,19H,2,7-8,15-18H2,1H3,(H,32,38). The van der Waals surface area contributed by atoms with Crippen LogP contribution in [-0.4, -0.2) is 52.2 Å². The van der Waals surface area contributed by atoms with Crippen LogP contribution in [0.3, 0.4) is 0 Å². The molecule has 8 nitrogen and oxygen atoms in total. The van der Waals surface area contributed by atoms with E-state index < -0.39 is 5.82 Å². The van der Waals surface area contributed by atoms with Gasteiger partial charge >= 0.3 is 6.03 Å². The van der Waals surface area contributed by atoms with Crippen LogP contribution in [0.1, 0.15) is 25.6 Å². The smallest absolute Gasteiger partial charge is 0.321 e. The predicted octanol–water partition coefficient (Wildman–Crippen LogP) is 6.27. The van der Waals surface area contributed by atoms with E-state index >= 15 is 0 Å². The maximum atomic E-state index is 14.1. The monoisotopic (exact) mass is 524 g/mol. The third-order valence-corrected chi connectivity index (χ3v) is 7.06. The first-order chi connectivity index (χ1) is 19.1. The van der Waals surface area contributed by atoms with Crippen LogP contribution in [0, 0.1) is 5.82 Å². The SMILES string of the molecule is CCCc1nc(N2CCCN(C(=O)Nc3ccccc3F)CC2)c2c(-c3ccc4ccccc4c3)noc2n1. The van der Waals surface area contributed by atoms with Crippen molar-refractivity contribution in [3.05, 3.63) is 78.4 Å². The fraction of sp³-hybridized carbons (Fsp3) is 0.267. The van der Waals surface area contributed by atoms with Crippen molar-refractivity contribution in [3.8, 4) is 11.3 Å². The van der Waals surface area contributed by atoms with E-state index in [-0.39, 0.29) is 11.7 Å². The number of urea groups is 1. The normalized spacial score (nSPS) is 14.1. The number of amides is 2. The summed E-state index contributed by atoms with van der Waals surface area (Å²) in [7, 11) is 0. The summed E-state index contributed by atoms with van der Waals surface area (Å²) in [5.74, 6) is 1.02. The van der Waals surface area contributed by atoms with E-state index in [9.17, 15) is 9.18 Å². The lowest BCUT2D eigenvalue weighted by molar-refractivity contribution is 0.215. The van der Waals surface area contributed by atoms with Crippen molar-refractivity contribution in [1.29, 1.82) is 0 Å². The van der Waals surface area contributed by atoms with Gasteiger partial charge in [-0.2, -0.15) is 4.98 Å². The Morgan fingerprint density at radius 3 is 2.64 bits per heavy atom. The molecule has 2 amide bonds. The minimum absolute atomic E-state index is 0.176. The van der Waals surface area contributed by atoms with Gasteiger partial charge in [-0.25, -0.2) is 14.2 Å². The quantitative estimate of drug-likeness (QED) is 0.291. The molecule has 1 aliphatic rings. The maximum Gasteiger partial charge on any atom is 0.321 e. The lowest BCUT2D eigenvalue weighted by Crippen LogP contribution is -2.38. The molecule has 198 valence electrons. The van der Waals surface area contributed by atoms with Crippen LogP contribution in [0.15, 0.2) is 71.3 Å². The van der Waals surface area contributed by atoms with Gasteiger partial charge in [-0.05, 0) is 41.8 Å². The number of para-hydroxylation sites is 1. The lowest BCUT2D eigenvalue weighted by atomic mass is 10.0. The average Bonchev–Trinajstić information content (AvgIpc) is 3.22. The van der Waals surface area contributed by atoms with Gasteiger partial charge in [0.2, 0.25) is 0 Å². The minimum atomic E-state index is -0.456. The van der Waals surface area contributed by atoms with Crippen LogP contribution in [0.5, 0.6) is 0 Å². The van der Waals surface area contributed by atoms with Gasteiger partial charge in [0.15, 0.2) is 0 Å². The Labute approximate surface area is 225 Å². The van der Waals surface area contributed by atoms with Crippen LogP contribution in [0.25, 0.3) is 33.1 Å². The number of aromatic nitrogens is 3. The zero-order valence-corrected chi connectivity index (χ0v) is 21.7. The Morgan fingerprint density at radius 1 is 0.974 bits per heavy atom. The highest BCUT2D eigenvalue weighted by atomic mass is 19.1. The van der Waals surface area contributed by atoms with Crippen molar-refractivity contribution in [2.75, 3.05) is 36.4 Å². The van der Waals surface area contributed by atoms with Crippen molar-refractivity contribution >= 4 is 39.4 Å². The fourth-order valence-electron chi connectivity index (χ4n) is 5.07. The van der Waals surface area contributed by atoms with Crippen LogP contribution < -0.4 is 10.2 Å². The molecule has 0 radical (unpaired) electrons. The maximum absolute atomic E-state index is 14.1. The number of nitrogens with zero attached hydrogens (tertiary/aromatic N) is 5. The summed E-state index contributed by atoms with van der Waals surface area (Å²) in [6.07, 6.45) is 2.36. The molecule has 1 fully saturated rings. The Morgan fingerprint density at radius 2 is 1.79 bits per heavy atom. The van der Waals surface area contributed by atoms with Crippen molar-refractivity contribution in [1.82, 2.24) is 20.0 Å². The molecular formula is C30H29FN6O2. The van der Waals surface area contributed by atoms with Crippen LogP contribution >= 0.6 is 0 Å². The van der Waals surface area contributed by atoms with Crippen LogP contribution in [0.2, 0.25) is 0 Å². The zero-order chi connectivity index (χ0) is 26.8. The molecule has 0 spiro atoms. The molecule has 1 N–H and O–H groups in total. The highest BCUT2D eigenvalue weighted by Crippen LogP contribution is 2.35. The summed E-state index contributed by atoms with van der Waals surface area (Å²) in [6.45, 7) is 4.36. The summed E-state index contributed by atoms with van der Waals surface area (Å²) in [5, 5.41) is 10.2. The van der Waals surface area contributed by atoms with Crippen LogP contribution in [0.4, 0.5) is 20.7 Å². The number of rotatable bonds is 5. The molecule has 5 aromatic rings. The van der Waals surface area contributed by atoms with Gasteiger partial charge < -0.3 is 19.6 Å².